The molecule has 0 aromatic carbocycles. The fourth-order valence-corrected chi connectivity index (χ4v) is 0.455. The number of hydrogen-bond acceptors (Lipinski definition) is 3. The van der Waals surface area contributed by atoms with Crippen LogP contribution in [0.15, 0.2) is 0 Å². The van der Waals surface area contributed by atoms with E-state index < -0.39 is 30.2 Å². The Bertz CT molecular complexity index is 191. The van der Waals surface area contributed by atoms with Gasteiger partial charge in [0.05, 0.1) is 6.42 Å². The van der Waals surface area contributed by atoms with E-state index in [1.807, 2.05) is 0 Å². The first-order chi connectivity index (χ1) is 4.95. The molecule has 6 nitrogen and oxygen atoms in total. The maximum absolute atomic E-state index is 10.0. The van der Waals surface area contributed by atoms with Crippen LogP contribution in [-0.4, -0.2) is 33.2 Å². The molecule has 12 heavy (non-hydrogen) atoms. The monoisotopic (exact) mass is 202 g/mol. The molecule has 0 aliphatic carbocycles. The molecular weight excluding hydrogens is 195 g/mol. The summed E-state index contributed by atoms with van der Waals surface area (Å²) in [6, 6.07) is 0. The minimum absolute atomic E-state index is 0. The molecule has 0 saturated carbocycles. The maximum Gasteiger partial charge on any atom is 1.00 e. The minimum Gasteiger partial charge on any atom is -1.00 e. The normalized spacial score (nSPS) is 8.75. The summed E-state index contributed by atoms with van der Waals surface area (Å²) in [5.74, 6) is -6.58. The molecule has 3 N–H and O–H groups in total. The van der Waals surface area contributed by atoms with E-state index in [0.29, 0.717) is 0 Å². The molecule has 0 aromatic rings. The predicted octanol–water partition coefficient (Wildman–Crippen LogP) is -3.64. The Morgan fingerprint density at radius 1 is 1.08 bits per heavy atom. The minimum atomic E-state index is -1.85. The average molecular weight is 202 g/mol. The Hall–Kier alpha value is 0.0464. The molecular formula is C5H7KO6. The molecule has 7 heteroatoms. The standard InChI is InChI=1S/C5H6O6.K.H/c6-3(7)1-2(4(8)9)5(10)11;;/h2H,1H2,(H,6,7)(H,8,9)(H,10,11);;/q;+1;-1. The molecule has 0 bridgehead atoms. The second-order valence-electron chi connectivity index (χ2n) is 1.83. The van der Waals surface area contributed by atoms with Crippen LogP contribution in [0.25, 0.3) is 0 Å². The van der Waals surface area contributed by atoms with Gasteiger partial charge in [-0.15, -0.1) is 0 Å². The Labute approximate surface area is 111 Å². The van der Waals surface area contributed by atoms with E-state index >= 15 is 0 Å². The summed E-state index contributed by atoms with van der Waals surface area (Å²) >= 11 is 0. The fraction of sp³-hybridized carbons (Fsp3) is 0.400. The van der Waals surface area contributed by atoms with Crippen molar-refractivity contribution in [3.8, 4) is 0 Å². The second-order valence-corrected chi connectivity index (χ2v) is 1.83. The van der Waals surface area contributed by atoms with Crippen LogP contribution in [-0.2, 0) is 14.4 Å². The van der Waals surface area contributed by atoms with E-state index in [9.17, 15) is 14.4 Å². The van der Waals surface area contributed by atoms with E-state index in [0.717, 1.165) is 0 Å². The van der Waals surface area contributed by atoms with Gasteiger partial charge in [0, 0.05) is 0 Å². The van der Waals surface area contributed by atoms with E-state index in [-0.39, 0.29) is 52.8 Å². The first-order valence-electron chi connectivity index (χ1n) is 2.62. The van der Waals surface area contributed by atoms with Crippen molar-refractivity contribution in [3.63, 3.8) is 0 Å². The van der Waals surface area contributed by atoms with Gasteiger partial charge >= 0.3 is 69.3 Å². The van der Waals surface area contributed by atoms with Gasteiger partial charge in [0.1, 0.15) is 0 Å². The van der Waals surface area contributed by atoms with E-state index in [4.69, 9.17) is 15.3 Å². The van der Waals surface area contributed by atoms with Crippen molar-refractivity contribution in [2.45, 2.75) is 6.42 Å². The molecule has 0 fully saturated rings. The summed E-state index contributed by atoms with van der Waals surface area (Å²) < 4.78 is 0. The van der Waals surface area contributed by atoms with Crippen LogP contribution in [0.2, 0.25) is 0 Å². The largest absolute Gasteiger partial charge is 1.00 e. The fourth-order valence-electron chi connectivity index (χ4n) is 0.455. The first-order valence-corrected chi connectivity index (χ1v) is 2.62. The van der Waals surface area contributed by atoms with Crippen molar-refractivity contribution in [2.75, 3.05) is 0 Å². The smallest absolute Gasteiger partial charge is 1.00 e. The van der Waals surface area contributed by atoms with Crippen molar-refractivity contribution < 1.29 is 82.5 Å². The third-order valence-corrected chi connectivity index (χ3v) is 0.975. The van der Waals surface area contributed by atoms with Crippen LogP contribution in [0.5, 0.6) is 0 Å². The van der Waals surface area contributed by atoms with Crippen molar-refractivity contribution >= 4 is 17.9 Å². The number of carboxylic acids is 3. The van der Waals surface area contributed by atoms with Gasteiger partial charge in [-0.05, 0) is 0 Å². The molecule has 0 heterocycles. The summed E-state index contributed by atoms with van der Waals surface area (Å²) in [5.41, 5.74) is 0. The number of carbonyl (C=O) groups is 3. The second kappa shape index (κ2) is 6.55. The Balaban J connectivity index is -0.000000500. The molecule has 64 valence electrons. The van der Waals surface area contributed by atoms with Gasteiger partial charge in [-0.1, -0.05) is 0 Å². The summed E-state index contributed by atoms with van der Waals surface area (Å²) in [6.07, 6.45) is -0.898. The van der Waals surface area contributed by atoms with E-state index in [2.05, 4.69) is 0 Å². The summed E-state index contributed by atoms with van der Waals surface area (Å²) in [5, 5.41) is 24.4. The van der Waals surface area contributed by atoms with Crippen LogP contribution in [0.4, 0.5) is 0 Å². The van der Waals surface area contributed by atoms with Gasteiger partial charge in [-0.3, -0.25) is 14.4 Å². The molecule has 0 atom stereocenters. The van der Waals surface area contributed by atoms with E-state index in [1.54, 1.807) is 0 Å². The molecule has 0 aliphatic heterocycles. The zero-order valence-corrected chi connectivity index (χ0v) is 9.47. The topological polar surface area (TPSA) is 112 Å². The maximum atomic E-state index is 10.0. The zero-order valence-electron chi connectivity index (χ0n) is 7.35. The number of aliphatic carboxylic acids is 3. The molecule has 0 radical (unpaired) electrons. The van der Waals surface area contributed by atoms with Crippen LogP contribution < -0.4 is 51.4 Å². The van der Waals surface area contributed by atoms with Crippen molar-refractivity contribution in [1.29, 1.82) is 0 Å². The summed E-state index contributed by atoms with van der Waals surface area (Å²) in [4.78, 5) is 30.0. The third-order valence-electron chi connectivity index (χ3n) is 0.975. The van der Waals surface area contributed by atoms with Gasteiger partial charge < -0.3 is 16.7 Å². The predicted molar refractivity (Wildman–Crippen MR) is 32.1 cm³/mol. The molecule has 0 aliphatic rings. The molecule has 0 unspecified atom stereocenters. The number of rotatable bonds is 4. The van der Waals surface area contributed by atoms with Gasteiger partial charge in [0.2, 0.25) is 0 Å². The Morgan fingerprint density at radius 2 is 1.42 bits per heavy atom. The van der Waals surface area contributed by atoms with Crippen molar-refractivity contribution in [2.24, 2.45) is 5.92 Å². The molecule has 0 aromatic heterocycles. The van der Waals surface area contributed by atoms with Gasteiger partial charge in [0.25, 0.3) is 0 Å². The zero-order chi connectivity index (χ0) is 9.02. The van der Waals surface area contributed by atoms with Crippen molar-refractivity contribution in [3.05, 3.63) is 0 Å². The summed E-state index contributed by atoms with van der Waals surface area (Å²) in [6.45, 7) is 0. The molecule has 0 spiro atoms. The SMILES string of the molecule is O=C(O)CC(C(=O)O)C(=O)O.[H-].[K+]. The number of carboxylic acid groups (broad SMARTS) is 3. The molecule has 0 saturated heterocycles. The molecule has 0 amide bonds. The van der Waals surface area contributed by atoms with Crippen LogP contribution in [0.1, 0.15) is 7.85 Å². The average Bonchev–Trinajstić information content (AvgIpc) is 1.81. The van der Waals surface area contributed by atoms with E-state index in [1.165, 1.54) is 0 Å². The van der Waals surface area contributed by atoms with Gasteiger partial charge in [-0.25, -0.2) is 0 Å². The Kier molecular flexibility index (Phi) is 7.95. The van der Waals surface area contributed by atoms with Crippen LogP contribution in [0.3, 0.4) is 0 Å². The Morgan fingerprint density at radius 3 is 1.50 bits per heavy atom. The van der Waals surface area contributed by atoms with Crippen LogP contribution in [0, 0.1) is 5.92 Å². The van der Waals surface area contributed by atoms with Gasteiger partial charge in [0.15, 0.2) is 5.92 Å². The third kappa shape index (κ3) is 5.67. The quantitative estimate of drug-likeness (QED) is 0.320. The van der Waals surface area contributed by atoms with Crippen LogP contribution >= 0.6 is 0 Å². The molecule has 0 rings (SSSR count). The van der Waals surface area contributed by atoms with Crippen molar-refractivity contribution in [1.82, 2.24) is 0 Å². The van der Waals surface area contributed by atoms with Gasteiger partial charge in [-0.2, -0.15) is 0 Å². The summed E-state index contributed by atoms with van der Waals surface area (Å²) in [7, 11) is 0. The first kappa shape index (κ1) is 14.6. The number of hydrogen-bond donors (Lipinski definition) is 3.